The van der Waals surface area contributed by atoms with Crippen LogP contribution in [0.15, 0.2) is 75.7 Å². The maximum absolute atomic E-state index is 14.2. The highest BCUT2D eigenvalue weighted by molar-refractivity contribution is 7.07. The van der Waals surface area contributed by atoms with Crippen LogP contribution < -0.4 is 29.1 Å². The van der Waals surface area contributed by atoms with Crippen LogP contribution in [0.25, 0.3) is 6.08 Å². The highest BCUT2D eigenvalue weighted by Crippen LogP contribution is 2.36. The molecule has 46 heavy (non-hydrogen) atoms. The number of carbonyl (C=O) groups excluding carboxylic acids is 1. The highest BCUT2D eigenvalue weighted by Gasteiger charge is 2.34. The molecule has 0 saturated heterocycles. The van der Waals surface area contributed by atoms with E-state index in [0.29, 0.717) is 58.5 Å². The van der Waals surface area contributed by atoms with E-state index in [4.69, 9.17) is 53.8 Å². The quantitative estimate of drug-likeness (QED) is 0.164. The maximum Gasteiger partial charge on any atom is 0.338 e. The summed E-state index contributed by atoms with van der Waals surface area (Å²) in [4.78, 5) is 32.6. The van der Waals surface area contributed by atoms with Gasteiger partial charge in [-0.15, -0.1) is 0 Å². The van der Waals surface area contributed by atoms with E-state index in [1.54, 1.807) is 68.5 Å². The number of methoxy groups -OCH3 is 1. The normalized spacial score (nSPS) is 14.6. The van der Waals surface area contributed by atoms with Gasteiger partial charge >= 0.3 is 5.97 Å². The number of allylic oxidation sites excluding steroid dienone is 1. The molecule has 5 rings (SSSR count). The van der Waals surface area contributed by atoms with Crippen LogP contribution in [0.3, 0.4) is 0 Å². The van der Waals surface area contributed by atoms with Gasteiger partial charge in [0.15, 0.2) is 16.3 Å². The number of aromatic nitrogens is 1. The summed E-state index contributed by atoms with van der Waals surface area (Å²) < 4.78 is 24.9. The van der Waals surface area contributed by atoms with Crippen molar-refractivity contribution in [1.29, 1.82) is 0 Å². The van der Waals surface area contributed by atoms with Crippen LogP contribution >= 0.6 is 46.1 Å². The summed E-state index contributed by atoms with van der Waals surface area (Å²) in [7, 11) is 1.54. The fourth-order valence-electron chi connectivity index (χ4n) is 5.01. The molecule has 1 aliphatic rings. The Morgan fingerprint density at radius 1 is 1.02 bits per heavy atom. The Balaban J connectivity index is 1.63. The monoisotopic (exact) mass is 700 g/mol. The molecule has 3 aromatic carbocycles. The van der Waals surface area contributed by atoms with Crippen molar-refractivity contribution < 1.29 is 23.7 Å². The lowest BCUT2D eigenvalue weighted by Crippen LogP contribution is -2.40. The highest BCUT2D eigenvalue weighted by atomic mass is 35.5. The molecule has 0 N–H and O–H groups in total. The maximum atomic E-state index is 14.2. The van der Waals surface area contributed by atoms with Gasteiger partial charge in [-0.25, -0.2) is 9.79 Å². The summed E-state index contributed by atoms with van der Waals surface area (Å²) in [6.45, 7) is 7.62. The lowest BCUT2D eigenvalue weighted by Gasteiger charge is -2.25. The zero-order valence-electron chi connectivity index (χ0n) is 25.7. The van der Waals surface area contributed by atoms with Crippen molar-refractivity contribution in [2.45, 2.75) is 46.4 Å². The van der Waals surface area contributed by atoms with Crippen LogP contribution in [-0.4, -0.2) is 30.4 Å². The van der Waals surface area contributed by atoms with E-state index in [-0.39, 0.29) is 30.5 Å². The molecule has 8 nitrogen and oxygen atoms in total. The van der Waals surface area contributed by atoms with E-state index >= 15 is 0 Å². The molecule has 0 aliphatic carbocycles. The Kier molecular flexibility index (Phi) is 10.5. The number of ether oxygens (including phenoxy) is 4. The fraction of sp³-hybridized carbons (Fsp3) is 0.265. The van der Waals surface area contributed by atoms with E-state index in [0.717, 1.165) is 5.56 Å². The Hall–Kier alpha value is -3.76. The summed E-state index contributed by atoms with van der Waals surface area (Å²) >= 11 is 20.0. The molecule has 0 fully saturated rings. The van der Waals surface area contributed by atoms with Gasteiger partial charge in [-0.1, -0.05) is 58.3 Å². The van der Waals surface area contributed by atoms with Crippen LogP contribution in [-0.2, 0) is 16.1 Å². The zero-order chi connectivity index (χ0) is 33.1. The van der Waals surface area contributed by atoms with Gasteiger partial charge in [0.25, 0.3) is 5.56 Å². The Morgan fingerprint density at radius 2 is 1.74 bits per heavy atom. The van der Waals surface area contributed by atoms with Gasteiger partial charge in [0.1, 0.15) is 12.4 Å². The standard InChI is InChI=1S/C34H31Cl3N2O6S/c1-6-43-33(41)30-19(4)38-34-39(31(30)20-8-11-27(45-18(2)3)28(14-20)42-5)32(40)29(46-34)15-22-13-23(35)10-12-26(22)44-17-21-7-9-24(36)16-25(21)37/h7-16,18,31H,6,17H2,1-5H3/b29-15+/t31-/m1/s1. The Labute approximate surface area is 285 Å². The Morgan fingerprint density at radius 3 is 2.43 bits per heavy atom. The SMILES string of the molecule is CCOC(=O)C1=C(C)N=c2s/c(=C/c3cc(Cl)ccc3OCc3ccc(Cl)cc3Cl)c(=O)n2[C@@H]1c1ccc(OC(C)C)c(OC)c1. The average molecular weight is 702 g/mol. The third-order valence-corrected chi connectivity index (χ3v) is 8.84. The average Bonchev–Trinajstić information content (AvgIpc) is 3.30. The minimum absolute atomic E-state index is 0.0850. The smallest absolute Gasteiger partial charge is 0.338 e. The number of hydrogen-bond acceptors (Lipinski definition) is 8. The first-order valence-corrected chi connectivity index (χ1v) is 16.4. The van der Waals surface area contributed by atoms with Crippen molar-refractivity contribution in [3.8, 4) is 17.2 Å². The van der Waals surface area contributed by atoms with Gasteiger partial charge in [-0.05, 0) is 81.8 Å². The van der Waals surface area contributed by atoms with Crippen LogP contribution in [0.5, 0.6) is 17.2 Å². The first-order chi connectivity index (χ1) is 22.0. The van der Waals surface area contributed by atoms with Crippen molar-refractivity contribution in [3.05, 3.63) is 117 Å². The summed E-state index contributed by atoms with van der Waals surface area (Å²) in [5.41, 5.74) is 2.31. The third-order valence-electron chi connectivity index (χ3n) is 7.04. The van der Waals surface area contributed by atoms with Crippen LogP contribution in [0.4, 0.5) is 0 Å². The summed E-state index contributed by atoms with van der Waals surface area (Å²) in [5.74, 6) is 0.940. The number of rotatable bonds is 10. The summed E-state index contributed by atoms with van der Waals surface area (Å²) in [6, 6.07) is 14.8. The van der Waals surface area contributed by atoms with Gasteiger partial charge < -0.3 is 18.9 Å². The Bertz CT molecular complexity index is 2020. The number of hydrogen-bond donors (Lipinski definition) is 0. The van der Waals surface area contributed by atoms with Crippen molar-refractivity contribution in [3.63, 3.8) is 0 Å². The first-order valence-electron chi connectivity index (χ1n) is 14.4. The molecule has 1 aromatic heterocycles. The summed E-state index contributed by atoms with van der Waals surface area (Å²) in [5, 5.41) is 1.46. The molecule has 1 atom stereocenters. The molecule has 12 heteroatoms. The third kappa shape index (κ3) is 7.13. The molecule has 4 aromatic rings. The predicted octanol–water partition coefficient (Wildman–Crippen LogP) is 7.13. The second-order valence-electron chi connectivity index (χ2n) is 10.6. The van der Waals surface area contributed by atoms with Crippen LogP contribution in [0.1, 0.15) is 50.4 Å². The van der Waals surface area contributed by atoms with E-state index in [1.165, 1.54) is 23.0 Å². The summed E-state index contributed by atoms with van der Waals surface area (Å²) in [6.07, 6.45) is 1.62. The van der Waals surface area contributed by atoms with Crippen molar-refractivity contribution in [1.82, 2.24) is 4.57 Å². The largest absolute Gasteiger partial charge is 0.493 e. The number of thiazole rings is 1. The topological polar surface area (TPSA) is 88.4 Å². The number of benzene rings is 3. The van der Waals surface area contributed by atoms with Gasteiger partial charge in [0, 0.05) is 26.2 Å². The van der Waals surface area contributed by atoms with E-state index in [9.17, 15) is 9.59 Å². The molecular formula is C34H31Cl3N2O6S. The predicted molar refractivity (Wildman–Crippen MR) is 181 cm³/mol. The van der Waals surface area contributed by atoms with Crippen LogP contribution in [0.2, 0.25) is 15.1 Å². The number of esters is 1. The molecular weight excluding hydrogens is 671 g/mol. The van der Waals surface area contributed by atoms with Crippen molar-refractivity contribution in [2.24, 2.45) is 4.99 Å². The molecule has 0 unspecified atom stereocenters. The number of nitrogens with zero attached hydrogens (tertiary/aromatic N) is 2. The van der Waals surface area contributed by atoms with Gasteiger partial charge in [0.2, 0.25) is 0 Å². The van der Waals surface area contributed by atoms with Crippen molar-refractivity contribution in [2.75, 3.05) is 13.7 Å². The minimum Gasteiger partial charge on any atom is -0.493 e. The molecule has 0 amide bonds. The first kappa shape index (κ1) is 33.6. The molecule has 0 radical (unpaired) electrons. The molecule has 0 spiro atoms. The van der Waals surface area contributed by atoms with Gasteiger partial charge in [0.05, 0.1) is 41.7 Å². The molecule has 0 bridgehead atoms. The second kappa shape index (κ2) is 14.3. The van der Waals surface area contributed by atoms with Gasteiger partial charge in [-0.3, -0.25) is 9.36 Å². The van der Waals surface area contributed by atoms with E-state index in [1.807, 2.05) is 19.9 Å². The van der Waals surface area contributed by atoms with Crippen LogP contribution in [0, 0.1) is 0 Å². The fourth-order valence-corrected chi connectivity index (χ4v) is 6.69. The second-order valence-corrected chi connectivity index (χ2v) is 12.9. The molecule has 2 heterocycles. The lowest BCUT2D eigenvalue weighted by molar-refractivity contribution is -0.139. The van der Waals surface area contributed by atoms with E-state index < -0.39 is 12.0 Å². The number of fused-ring (bicyclic) bond motifs is 1. The number of carbonyl (C=O) groups is 1. The van der Waals surface area contributed by atoms with E-state index in [2.05, 4.69) is 4.99 Å². The molecule has 240 valence electrons. The molecule has 0 saturated carbocycles. The lowest BCUT2D eigenvalue weighted by atomic mass is 9.95. The molecule has 1 aliphatic heterocycles. The zero-order valence-corrected chi connectivity index (χ0v) is 28.8. The number of halogens is 3. The minimum atomic E-state index is -0.832. The van der Waals surface area contributed by atoms with Gasteiger partial charge in [-0.2, -0.15) is 0 Å². The van der Waals surface area contributed by atoms with Crippen molar-refractivity contribution >= 4 is 58.2 Å².